The lowest BCUT2D eigenvalue weighted by molar-refractivity contribution is 0.0988. The van der Waals surface area contributed by atoms with Crippen LogP contribution in [-0.2, 0) is 0 Å². The highest BCUT2D eigenvalue weighted by molar-refractivity contribution is 6.31. The molecule has 82 valence electrons. The van der Waals surface area contributed by atoms with Crippen molar-refractivity contribution in [2.24, 2.45) is 0 Å². The number of Topliss-reactive ketones (excluding diaryl/α,β-unsaturated/α-hetero) is 1. The number of rotatable bonds is 2. The molecule has 0 spiro atoms. The summed E-state index contributed by atoms with van der Waals surface area (Å²) in [6, 6.07) is 9.08. The van der Waals surface area contributed by atoms with Crippen molar-refractivity contribution in [3.8, 4) is 11.3 Å². The summed E-state index contributed by atoms with van der Waals surface area (Å²) in [4.78, 5) is 11.1. The van der Waals surface area contributed by atoms with E-state index in [1.807, 2.05) is 25.1 Å². The molecular weight excluding hydrogens is 224 g/mol. The first-order valence-electron chi connectivity index (χ1n) is 4.96. The predicted molar refractivity (Wildman–Crippen MR) is 63.9 cm³/mol. The van der Waals surface area contributed by atoms with E-state index in [0.29, 0.717) is 16.5 Å². The Balaban J connectivity index is 2.50. The van der Waals surface area contributed by atoms with Crippen LogP contribution in [0.2, 0.25) is 5.02 Å². The van der Waals surface area contributed by atoms with Gasteiger partial charge in [-0.1, -0.05) is 23.7 Å². The molecule has 2 rings (SSSR count). The number of carbonyl (C=O) groups is 1. The lowest BCUT2D eigenvalue weighted by Gasteiger charge is -2.03. The molecule has 1 heterocycles. The zero-order valence-electron chi connectivity index (χ0n) is 9.08. The summed E-state index contributed by atoms with van der Waals surface area (Å²) < 4.78 is 5.46. The van der Waals surface area contributed by atoms with Crippen LogP contribution in [0.15, 0.2) is 34.7 Å². The zero-order valence-corrected chi connectivity index (χ0v) is 9.84. The summed E-state index contributed by atoms with van der Waals surface area (Å²) in [5, 5.41) is 0.693. The molecule has 0 saturated heterocycles. The van der Waals surface area contributed by atoms with Crippen LogP contribution in [0.4, 0.5) is 0 Å². The predicted octanol–water partition coefficient (Wildman–Crippen LogP) is 4.11. The van der Waals surface area contributed by atoms with E-state index in [9.17, 15) is 4.79 Å². The second kappa shape index (κ2) is 4.14. The van der Waals surface area contributed by atoms with E-state index in [1.54, 1.807) is 12.1 Å². The molecular formula is C13H11ClO2. The van der Waals surface area contributed by atoms with Crippen molar-refractivity contribution in [3.05, 3.63) is 46.7 Å². The van der Waals surface area contributed by atoms with Gasteiger partial charge in [-0.05, 0) is 30.7 Å². The van der Waals surface area contributed by atoms with Crippen molar-refractivity contribution >= 4 is 17.4 Å². The molecule has 1 aromatic heterocycles. The summed E-state index contributed by atoms with van der Waals surface area (Å²) in [5.74, 6) is 0.963. The molecule has 0 atom stereocenters. The van der Waals surface area contributed by atoms with Gasteiger partial charge in [-0.2, -0.15) is 0 Å². The molecule has 3 heteroatoms. The zero-order chi connectivity index (χ0) is 11.7. The van der Waals surface area contributed by atoms with Gasteiger partial charge < -0.3 is 4.42 Å². The maximum Gasteiger partial charge on any atom is 0.194 e. The van der Waals surface area contributed by atoms with Crippen molar-refractivity contribution < 1.29 is 9.21 Å². The Morgan fingerprint density at radius 1 is 1.25 bits per heavy atom. The maximum atomic E-state index is 11.1. The van der Waals surface area contributed by atoms with Gasteiger partial charge in [-0.3, -0.25) is 4.79 Å². The number of benzene rings is 1. The first-order valence-corrected chi connectivity index (χ1v) is 5.33. The minimum atomic E-state index is -0.0778. The minimum Gasteiger partial charge on any atom is -0.453 e. The molecule has 0 N–H and O–H groups in total. The highest BCUT2D eigenvalue weighted by atomic mass is 35.5. The third-order valence-corrected chi connectivity index (χ3v) is 2.90. The Bertz CT molecular complexity index is 541. The van der Waals surface area contributed by atoms with Crippen LogP contribution >= 0.6 is 11.6 Å². The molecule has 2 nitrogen and oxygen atoms in total. The van der Waals surface area contributed by atoms with Gasteiger partial charge >= 0.3 is 0 Å². The van der Waals surface area contributed by atoms with Crippen LogP contribution in [0.25, 0.3) is 11.3 Å². The molecule has 16 heavy (non-hydrogen) atoms. The Labute approximate surface area is 98.8 Å². The summed E-state index contributed by atoms with van der Waals surface area (Å²) in [6.07, 6.45) is 0. The Kier molecular flexibility index (Phi) is 2.84. The molecule has 0 aliphatic rings. The smallest absolute Gasteiger partial charge is 0.194 e. The fourth-order valence-electron chi connectivity index (χ4n) is 1.55. The molecule has 0 aliphatic heterocycles. The summed E-state index contributed by atoms with van der Waals surface area (Å²) >= 11 is 6.02. The summed E-state index contributed by atoms with van der Waals surface area (Å²) in [5.41, 5.74) is 1.87. The van der Waals surface area contributed by atoms with Crippen LogP contribution < -0.4 is 0 Å². The second-order valence-electron chi connectivity index (χ2n) is 3.63. The molecule has 0 radical (unpaired) electrons. The molecule has 0 saturated carbocycles. The van der Waals surface area contributed by atoms with Gasteiger partial charge in [0.2, 0.25) is 0 Å². The summed E-state index contributed by atoms with van der Waals surface area (Å²) in [7, 11) is 0. The van der Waals surface area contributed by atoms with Crippen molar-refractivity contribution in [3.63, 3.8) is 0 Å². The van der Waals surface area contributed by atoms with Crippen LogP contribution in [0.1, 0.15) is 23.0 Å². The average Bonchev–Trinajstić information content (AvgIpc) is 2.71. The Morgan fingerprint density at radius 3 is 2.62 bits per heavy atom. The SMILES string of the molecule is CC(=O)c1ccc(-c2cccc(Cl)c2C)o1. The lowest BCUT2D eigenvalue weighted by atomic mass is 10.1. The van der Waals surface area contributed by atoms with Crippen LogP contribution in [0, 0.1) is 6.92 Å². The van der Waals surface area contributed by atoms with Crippen LogP contribution in [-0.4, -0.2) is 5.78 Å². The number of furan rings is 1. The quantitative estimate of drug-likeness (QED) is 0.732. The van der Waals surface area contributed by atoms with Crippen LogP contribution in [0.5, 0.6) is 0 Å². The standard InChI is InChI=1S/C13H11ClO2/c1-8-10(4-3-5-11(8)14)13-7-6-12(16-13)9(2)15/h3-7H,1-2H3. The summed E-state index contributed by atoms with van der Waals surface area (Å²) in [6.45, 7) is 3.40. The second-order valence-corrected chi connectivity index (χ2v) is 4.04. The van der Waals surface area contributed by atoms with E-state index in [2.05, 4.69) is 0 Å². The number of hydrogen-bond donors (Lipinski definition) is 0. The molecule has 0 bridgehead atoms. The fourth-order valence-corrected chi connectivity index (χ4v) is 1.72. The maximum absolute atomic E-state index is 11.1. The van der Waals surface area contributed by atoms with E-state index in [0.717, 1.165) is 11.1 Å². The first kappa shape index (κ1) is 11.0. The Morgan fingerprint density at radius 2 is 2.00 bits per heavy atom. The number of halogens is 1. The Hall–Kier alpha value is -1.54. The van der Waals surface area contributed by atoms with Gasteiger partial charge in [-0.15, -0.1) is 0 Å². The normalized spacial score (nSPS) is 10.4. The van der Waals surface area contributed by atoms with Crippen LogP contribution in [0.3, 0.4) is 0 Å². The third-order valence-electron chi connectivity index (χ3n) is 2.49. The van der Waals surface area contributed by atoms with Crippen molar-refractivity contribution in [2.45, 2.75) is 13.8 Å². The van der Waals surface area contributed by atoms with Crippen molar-refractivity contribution in [1.29, 1.82) is 0 Å². The number of hydrogen-bond acceptors (Lipinski definition) is 2. The molecule has 2 aromatic rings. The van der Waals surface area contributed by atoms with Gasteiger partial charge in [0.05, 0.1) is 0 Å². The highest BCUT2D eigenvalue weighted by Crippen LogP contribution is 2.29. The van der Waals surface area contributed by atoms with E-state index in [-0.39, 0.29) is 5.78 Å². The molecule has 1 aromatic carbocycles. The van der Waals surface area contributed by atoms with E-state index < -0.39 is 0 Å². The van der Waals surface area contributed by atoms with Gasteiger partial charge in [0.1, 0.15) is 5.76 Å². The van der Waals surface area contributed by atoms with E-state index in [4.69, 9.17) is 16.0 Å². The topological polar surface area (TPSA) is 30.2 Å². The largest absolute Gasteiger partial charge is 0.453 e. The number of ketones is 1. The van der Waals surface area contributed by atoms with Crippen molar-refractivity contribution in [1.82, 2.24) is 0 Å². The third kappa shape index (κ3) is 1.89. The number of carbonyl (C=O) groups excluding carboxylic acids is 1. The molecule has 0 fully saturated rings. The van der Waals surface area contributed by atoms with E-state index in [1.165, 1.54) is 6.92 Å². The minimum absolute atomic E-state index is 0.0778. The first-order chi connectivity index (χ1) is 7.59. The highest BCUT2D eigenvalue weighted by Gasteiger charge is 2.11. The van der Waals surface area contributed by atoms with Gasteiger partial charge in [0.25, 0.3) is 0 Å². The molecule has 0 aliphatic carbocycles. The van der Waals surface area contributed by atoms with Gasteiger partial charge in [-0.25, -0.2) is 0 Å². The molecule has 0 unspecified atom stereocenters. The van der Waals surface area contributed by atoms with E-state index >= 15 is 0 Å². The van der Waals surface area contributed by atoms with Gasteiger partial charge in [0.15, 0.2) is 11.5 Å². The monoisotopic (exact) mass is 234 g/mol. The fraction of sp³-hybridized carbons (Fsp3) is 0.154. The lowest BCUT2D eigenvalue weighted by Crippen LogP contribution is -1.86. The van der Waals surface area contributed by atoms with Gasteiger partial charge in [0, 0.05) is 17.5 Å². The van der Waals surface area contributed by atoms with Crippen molar-refractivity contribution in [2.75, 3.05) is 0 Å². The molecule has 0 amide bonds. The average molecular weight is 235 g/mol.